The number of benzene rings is 1. The maximum Gasteiger partial charge on any atom is 0.338 e. The molecule has 0 amide bonds. The average molecular weight is 294 g/mol. The van der Waals surface area contributed by atoms with Gasteiger partial charge in [-0.15, -0.1) is 0 Å². The van der Waals surface area contributed by atoms with Gasteiger partial charge in [-0.3, -0.25) is 0 Å². The van der Waals surface area contributed by atoms with Gasteiger partial charge in [0.15, 0.2) is 0 Å². The maximum absolute atomic E-state index is 11.9. The number of methoxy groups -OCH3 is 1. The highest BCUT2D eigenvalue weighted by Crippen LogP contribution is 2.14. The summed E-state index contributed by atoms with van der Waals surface area (Å²) in [5.41, 5.74) is 0.295. The lowest BCUT2D eigenvalue weighted by atomic mass is 10.1. The van der Waals surface area contributed by atoms with E-state index in [4.69, 9.17) is 9.47 Å². The molecular formula is C15H18O6. The minimum Gasteiger partial charge on any atom is -0.465 e. The molecule has 0 fully saturated rings. The molecule has 1 rings (SSSR count). The largest absolute Gasteiger partial charge is 0.465 e. The first-order valence-electron chi connectivity index (χ1n) is 6.61. The number of rotatable bonds is 6. The van der Waals surface area contributed by atoms with E-state index in [1.54, 1.807) is 6.92 Å². The van der Waals surface area contributed by atoms with Crippen molar-refractivity contribution < 1.29 is 28.6 Å². The second-order valence-corrected chi connectivity index (χ2v) is 4.15. The van der Waals surface area contributed by atoms with Crippen LogP contribution in [0.1, 0.15) is 51.3 Å². The van der Waals surface area contributed by atoms with Gasteiger partial charge in [-0.1, -0.05) is 6.92 Å². The Morgan fingerprint density at radius 1 is 0.857 bits per heavy atom. The van der Waals surface area contributed by atoms with Crippen molar-refractivity contribution >= 4 is 17.9 Å². The molecule has 0 aromatic heterocycles. The summed E-state index contributed by atoms with van der Waals surface area (Å²) in [7, 11) is 1.22. The number of carbonyl (C=O) groups is 3. The molecular weight excluding hydrogens is 276 g/mol. The normalized spacial score (nSPS) is 9.86. The van der Waals surface area contributed by atoms with E-state index in [1.807, 2.05) is 6.92 Å². The molecule has 6 nitrogen and oxygen atoms in total. The number of hydrogen-bond acceptors (Lipinski definition) is 6. The van der Waals surface area contributed by atoms with Gasteiger partial charge in [-0.2, -0.15) is 0 Å². The van der Waals surface area contributed by atoms with Crippen LogP contribution in [0.4, 0.5) is 0 Å². The van der Waals surface area contributed by atoms with Crippen molar-refractivity contribution in [2.75, 3.05) is 20.3 Å². The number of hydrogen-bond donors (Lipinski definition) is 0. The van der Waals surface area contributed by atoms with E-state index in [2.05, 4.69) is 4.74 Å². The average Bonchev–Trinajstić information content (AvgIpc) is 2.51. The Morgan fingerprint density at radius 3 is 1.76 bits per heavy atom. The zero-order valence-corrected chi connectivity index (χ0v) is 12.3. The van der Waals surface area contributed by atoms with Crippen molar-refractivity contribution in [3.63, 3.8) is 0 Å². The van der Waals surface area contributed by atoms with E-state index < -0.39 is 17.9 Å². The molecule has 0 aliphatic heterocycles. The minimum atomic E-state index is -0.648. The van der Waals surface area contributed by atoms with E-state index in [1.165, 1.54) is 25.3 Å². The van der Waals surface area contributed by atoms with Gasteiger partial charge in [0.2, 0.25) is 0 Å². The van der Waals surface area contributed by atoms with E-state index in [9.17, 15) is 14.4 Å². The summed E-state index contributed by atoms with van der Waals surface area (Å²) in [6.07, 6.45) is 0.674. The molecule has 0 N–H and O–H groups in total. The van der Waals surface area contributed by atoms with E-state index >= 15 is 0 Å². The molecule has 1 aromatic rings. The third-order valence-corrected chi connectivity index (χ3v) is 2.54. The van der Waals surface area contributed by atoms with Crippen LogP contribution in [0.5, 0.6) is 0 Å². The molecule has 0 atom stereocenters. The molecule has 21 heavy (non-hydrogen) atoms. The van der Waals surface area contributed by atoms with Gasteiger partial charge >= 0.3 is 17.9 Å². The van der Waals surface area contributed by atoms with Crippen molar-refractivity contribution in [1.82, 2.24) is 0 Å². The van der Waals surface area contributed by atoms with Gasteiger partial charge in [0.25, 0.3) is 0 Å². The van der Waals surface area contributed by atoms with Gasteiger partial charge in [0, 0.05) is 0 Å². The molecule has 0 bridgehead atoms. The summed E-state index contributed by atoms with van der Waals surface area (Å²) in [4.78, 5) is 35.3. The molecule has 0 aliphatic rings. The van der Waals surface area contributed by atoms with Crippen molar-refractivity contribution in [3.8, 4) is 0 Å². The van der Waals surface area contributed by atoms with Crippen LogP contribution in [-0.4, -0.2) is 38.2 Å². The Labute approximate surface area is 123 Å². The summed E-state index contributed by atoms with van der Waals surface area (Å²) in [6.45, 7) is 3.98. The first-order chi connectivity index (χ1) is 10.0. The predicted molar refractivity (Wildman–Crippen MR) is 74.3 cm³/mol. The summed E-state index contributed by atoms with van der Waals surface area (Å²) < 4.78 is 14.5. The molecule has 0 heterocycles. The lowest BCUT2D eigenvalue weighted by molar-refractivity contribution is 0.0505. The van der Waals surface area contributed by atoms with Crippen LogP contribution in [0, 0.1) is 0 Å². The standard InChI is InChI=1S/C15H18O6/c1-4-6-21-15(18)12-8-10(13(16)19-3)7-11(9-12)14(17)20-5-2/h7-9H,4-6H2,1-3H3. The van der Waals surface area contributed by atoms with Gasteiger partial charge in [-0.05, 0) is 31.5 Å². The lowest BCUT2D eigenvalue weighted by Crippen LogP contribution is -2.13. The van der Waals surface area contributed by atoms with E-state index in [0.29, 0.717) is 6.42 Å². The minimum absolute atomic E-state index is 0.0894. The first kappa shape index (κ1) is 16.7. The van der Waals surface area contributed by atoms with Gasteiger partial charge in [0.1, 0.15) is 0 Å². The van der Waals surface area contributed by atoms with Gasteiger partial charge in [0.05, 0.1) is 37.0 Å². The third-order valence-electron chi connectivity index (χ3n) is 2.54. The van der Waals surface area contributed by atoms with Crippen LogP contribution in [0.25, 0.3) is 0 Å². The van der Waals surface area contributed by atoms with Crippen LogP contribution in [0.3, 0.4) is 0 Å². The zero-order chi connectivity index (χ0) is 15.8. The molecule has 0 saturated heterocycles. The highest BCUT2D eigenvalue weighted by molar-refractivity contribution is 6.00. The fraction of sp³-hybridized carbons (Fsp3) is 0.400. The monoisotopic (exact) mass is 294 g/mol. The molecule has 0 aliphatic carbocycles. The smallest absolute Gasteiger partial charge is 0.338 e. The highest BCUT2D eigenvalue weighted by atomic mass is 16.5. The SMILES string of the molecule is CCCOC(=O)c1cc(C(=O)OC)cc(C(=O)OCC)c1. The summed E-state index contributed by atoms with van der Waals surface area (Å²) >= 11 is 0. The van der Waals surface area contributed by atoms with Gasteiger partial charge in [-0.25, -0.2) is 14.4 Å². The van der Waals surface area contributed by atoms with Crippen molar-refractivity contribution in [1.29, 1.82) is 0 Å². The summed E-state index contributed by atoms with van der Waals surface area (Å²) in [6, 6.07) is 3.98. The second-order valence-electron chi connectivity index (χ2n) is 4.15. The summed E-state index contributed by atoms with van der Waals surface area (Å²) in [5.74, 6) is -1.87. The number of ether oxygens (including phenoxy) is 3. The quantitative estimate of drug-likeness (QED) is 0.591. The Bertz CT molecular complexity index is 535. The number of esters is 3. The van der Waals surface area contributed by atoms with Crippen LogP contribution in [0.15, 0.2) is 18.2 Å². The molecule has 1 aromatic carbocycles. The topological polar surface area (TPSA) is 78.9 Å². The van der Waals surface area contributed by atoms with Crippen LogP contribution < -0.4 is 0 Å². The molecule has 6 heteroatoms. The van der Waals surface area contributed by atoms with E-state index in [-0.39, 0.29) is 29.9 Å². The molecule has 0 saturated carbocycles. The molecule has 0 spiro atoms. The maximum atomic E-state index is 11.9. The second kappa shape index (κ2) is 8.04. The van der Waals surface area contributed by atoms with E-state index in [0.717, 1.165) is 0 Å². The van der Waals surface area contributed by atoms with Crippen LogP contribution in [-0.2, 0) is 14.2 Å². The Morgan fingerprint density at radius 2 is 1.33 bits per heavy atom. The summed E-state index contributed by atoms with van der Waals surface area (Å²) in [5, 5.41) is 0. The fourth-order valence-electron chi connectivity index (χ4n) is 1.59. The van der Waals surface area contributed by atoms with Crippen LogP contribution >= 0.6 is 0 Å². The zero-order valence-electron chi connectivity index (χ0n) is 12.3. The van der Waals surface area contributed by atoms with Crippen molar-refractivity contribution in [2.45, 2.75) is 20.3 Å². The Kier molecular flexibility index (Phi) is 6.39. The fourth-order valence-corrected chi connectivity index (χ4v) is 1.59. The highest BCUT2D eigenvalue weighted by Gasteiger charge is 2.18. The Balaban J connectivity index is 3.17. The van der Waals surface area contributed by atoms with Crippen molar-refractivity contribution in [3.05, 3.63) is 34.9 Å². The van der Waals surface area contributed by atoms with Gasteiger partial charge < -0.3 is 14.2 Å². The molecule has 0 radical (unpaired) electrons. The number of carbonyl (C=O) groups excluding carboxylic acids is 3. The lowest BCUT2D eigenvalue weighted by Gasteiger charge is -2.08. The van der Waals surface area contributed by atoms with Crippen molar-refractivity contribution in [2.24, 2.45) is 0 Å². The Hall–Kier alpha value is -2.37. The third kappa shape index (κ3) is 4.59. The predicted octanol–water partition coefficient (Wildman–Crippen LogP) is 2.22. The molecule has 114 valence electrons. The first-order valence-corrected chi connectivity index (χ1v) is 6.61. The van der Waals surface area contributed by atoms with Crippen LogP contribution in [0.2, 0.25) is 0 Å². The molecule has 0 unspecified atom stereocenters.